The minimum absolute atomic E-state index is 0.226. The molecule has 0 saturated carbocycles. The van der Waals surface area contributed by atoms with Gasteiger partial charge in [-0.25, -0.2) is 0 Å². The van der Waals surface area contributed by atoms with Gasteiger partial charge in [0.15, 0.2) is 11.5 Å². The average Bonchev–Trinajstić information content (AvgIpc) is 2.65. The maximum Gasteiger partial charge on any atom is 0.255 e. The molecule has 0 saturated heterocycles. The van der Waals surface area contributed by atoms with Gasteiger partial charge < -0.3 is 24.4 Å². The molecule has 0 fully saturated rings. The third-order valence-electron chi connectivity index (χ3n) is 3.92. The molecule has 6 heteroatoms. The summed E-state index contributed by atoms with van der Waals surface area (Å²) < 4.78 is 17.1. The molecule has 0 aliphatic carbocycles. The van der Waals surface area contributed by atoms with E-state index >= 15 is 0 Å². The van der Waals surface area contributed by atoms with Gasteiger partial charge in [-0.2, -0.15) is 0 Å². The van der Waals surface area contributed by atoms with Gasteiger partial charge in [-0.3, -0.25) is 4.79 Å². The van der Waals surface area contributed by atoms with Gasteiger partial charge in [0.2, 0.25) is 5.75 Å². The molecule has 2 aromatic carbocycles. The molecule has 0 radical (unpaired) electrons. The molecule has 152 valence electrons. The normalized spacial score (nSPS) is 10.6. The lowest BCUT2D eigenvalue weighted by atomic mass is 10.1. The molecule has 0 aromatic heterocycles. The first-order chi connectivity index (χ1) is 13.5. The van der Waals surface area contributed by atoms with Gasteiger partial charge in [0, 0.05) is 17.8 Å². The van der Waals surface area contributed by atoms with E-state index in [-0.39, 0.29) is 5.91 Å². The van der Waals surface area contributed by atoms with Crippen LogP contribution in [0.5, 0.6) is 17.2 Å². The second-order valence-corrected chi connectivity index (χ2v) is 6.45. The molecule has 0 aliphatic rings. The molecule has 1 amide bonds. The van der Waals surface area contributed by atoms with Gasteiger partial charge in [0.1, 0.15) is 0 Å². The Morgan fingerprint density at radius 1 is 0.929 bits per heavy atom. The quantitative estimate of drug-likeness (QED) is 0.663. The van der Waals surface area contributed by atoms with Gasteiger partial charge >= 0.3 is 0 Å². The van der Waals surface area contributed by atoms with Crippen molar-refractivity contribution < 1.29 is 19.0 Å². The van der Waals surface area contributed by atoms with Crippen LogP contribution in [-0.4, -0.2) is 44.7 Å². The highest BCUT2D eigenvalue weighted by Crippen LogP contribution is 2.39. The number of amides is 1. The van der Waals surface area contributed by atoms with Crippen LogP contribution in [0.1, 0.15) is 36.7 Å². The van der Waals surface area contributed by atoms with E-state index in [1.54, 1.807) is 12.1 Å². The summed E-state index contributed by atoms with van der Waals surface area (Å²) in [4.78, 5) is 15.0. The SMILES string of the molecule is CCOc1cc(C(=O)Nc2ccccc2CN(C)C)cc(OCC)c1OCC. The van der Waals surface area contributed by atoms with Crippen molar-refractivity contribution in [2.75, 3.05) is 39.2 Å². The van der Waals surface area contributed by atoms with Gasteiger partial charge in [-0.05, 0) is 58.6 Å². The number of hydrogen-bond donors (Lipinski definition) is 1. The Morgan fingerprint density at radius 2 is 1.50 bits per heavy atom. The van der Waals surface area contributed by atoms with Crippen molar-refractivity contribution in [3.05, 3.63) is 47.5 Å². The number of nitrogens with zero attached hydrogens (tertiary/aromatic N) is 1. The summed E-state index contributed by atoms with van der Waals surface area (Å²) in [5, 5.41) is 3.00. The van der Waals surface area contributed by atoms with Gasteiger partial charge in [0.05, 0.1) is 19.8 Å². The standard InChI is InChI=1S/C22H30N2O4/c1-6-26-19-13-17(14-20(27-7-2)21(19)28-8-3)22(25)23-18-12-10-9-11-16(18)15-24(4)5/h9-14H,6-8,15H2,1-5H3,(H,23,25). The van der Waals surface area contributed by atoms with Gasteiger partial charge in [-0.15, -0.1) is 0 Å². The number of anilines is 1. The molecule has 0 aliphatic heterocycles. The first-order valence-corrected chi connectivity index (χ1v) is 9.60. The van der Waals surface area contributed by atoms with E-state index in [9.17, 15) is 4.79 Å². The highest BCUT2D eigenvalue weighted by molar-refractivity contribution is 6.05. The number of nitrogens with one attached hydrogen (secondary N) is 1. The van der Waals surface area contributed by atoms with Crippen molar-refractivity contribution >= 4 is 11.6 Å². The summed E-state index contributed by atoms with van der Waals surface area (Å²) in [5.41, 5.74) is 2.28. The van der Waals surface area contributed by atoms with Crippen molar-refractivity contribution in [1.82, 2.24) is 4.90 Å². The lowest BCUT2D eigenvalue weighted by Gasteiger charge is -2.18. The summed E-state index contributed by atoms with van der Waals surface area (Å²) in [6.45, 7) is 7.80. The average molecular weight is 386 g/mol. The van der Waals surface area contributed by atoms with Crippen LogP contribution in [0.2, 0.25) is 0 Å². The Morgan fingerprint density at radius 3 is 2.04 bits per heavy atom. The molecule has 0 bridgehead atoms. The van der Waals surface area contributed by atoms with E-state index in [0.717, 1.165) is 17.8 Å². The van der Waals surface area contributed by atoms with Crippen LogP contribution < -0.4 is 19.5 Å². The Hall–Kier alpha value is -2.73. The highest BCUT2D eigenvalue weighted by Gasteiger charge is 2.19. The van der Waals surface area contributed by atoms with Crippen LogP contribution in [-0.2, 0) is 6.54 Å². The summed E-state index contributed by atoms with van der Waals surface area (Å²) in [6.07, 6.45) is 0. The lowest BCUT2D eigenvalue weighted by molar-refractivity contribution is 0.102. The van der Waals surface area contributed by atoms with Crippen LogP contribution in [0.15, 0.2) is 36.4 Å². The smallest absolute Gasteiger partial charge is 0.255 e. The maximum absolute atomic E-state index is 13.0. The van der Waals surface area contributed by atoms with E-state index < -0.39 is 0 Å². The van der Waals surface area contributed by atoms with Crippen LogP contribution in [0.3, 0.4) is 0 Å². The van der Waals surface area contributed by atoms with Crippen LogP contribution in [0.4, 0.5) is 5.69 Å². The third-order valence-corrected chi connectivity index (χ3v) is 3.92. The predicted molar refractivity (Wildman–Crippen MR) is 112 cm³/mol. The first-order valence-electron chi connectivity index (χ1n) is 9.60. The summed E-state index contributed by atoms with van der Waals surface area (Å²) in [5.74, 6) is 1.30. The summed E-state index contributed by atoms with van der Waals surface area (Å²) in [6, 6.07) is 11.2. The zero-order valence-electron chi connectivity index (χ0n) is 17.4. The van der Waals surface area contributed by atoms with E-state index in [1.165, 1.54) is 0 Å². The molecule has 6 nitrogen and oxygen atoms in total. The topological polar surface area (TPSA) is 60.0 Å². The van der Waals surface area contributed by atoms with Gasteiger partial charge in [-0.1, -0.05) is 18.2 Å². The molecule has 2 rings (SSSR count). The minimum Gasteiger partial charge on any atom is -0.490 e. The predicted octanol–water partition coefficient (Wildman–Crippen LogP) is 4.20. The molecule has 0 heterocycles. The van der Waals surface area contributed by atoms with Gasteiger partial charge in [0.25, 0.3) is 5.91 Å². The van der Waals surface area contributed by atoms with Crippen LogP contribution >= 0.6 is 0 Å². The zero-order valence-corrected chi connectivity index (χ0v) is 17.4. The Bertz CT molecular complexity index is 763. The number of hydrogen-bond acceptors (Lipinski definition) is 5. The molecule has 0 spiro atoms. The number of benzene rings is 2. The van der Waals surface area contributed by atoms with Crippen molar-refractivity contribution in [3.63, 3.8) is 0 Å². The van der Waals surface area contributed by atoms with Crippen LogP contribution in [0.25, 0.3) is 0 Å². The number of rotatable bonds is 10. The molecule has 28 heavy (non-hydrogen) atoms. The Balaban J connectivity index is 2.37. The van der Waals surface area contributed by atoms with E-state index in [2.05, 4.69) is 10.2 Å². The number of carbonyl (C=O) groups excluding carboxylic acids is 1. The molecule has 0 unspecified atom stereocenters. The third kappa shape index (κ3) is 5.63. The lowest BCUT2D eigenvalue weighted by Crippen LogP contribution is -2.17. The fraction of sp³-hybridized carbons (Fsp3) is 0.409. The summed E-state index contributed by atoms with van der Waals surface area (Å²) in [7, 11) is 3.99. The minimum atomic E-state index is -0.226. The maximum atomic E-state index is 13.0. The van der Waals surface area contributed by atoms with E-state index in [4.69, 9.17) is 14.2 Å². The second-order valence-electron chi connectivity index (χ2n) is 6.45. The largest absolute Gasteiger partial charge is 0.490 e. The summed E-state index contributed by atoms with van der Waals surface area (Å²) >= 11 is 0. The van der Waals surface area contributed by atoms with E-state index in [1.807, 2.05) is 59.1 Å². The van der Waals surface area contributed by atoms with E-state index in [0.29, 0.717) is 42.6 Å². The molecule has 0 atom stereocenters. The van der Waals surface area contributed by atoms with Crippen molar-refractivity contribution in [1.29, 1.82) is 0 Å². The Kier molecular flexibility index (Phi) is 8.14. The molecular weight excluding hydrogens is 356 g/mol. The van der Waals surface area contributed by atoms with Crippen LogP contribution in [0, 0.1) is 0 Å². The van der Waals surface area contributed by atoms with Crippen molar-refractivity contribution in [2.45, 2.75) is 27.3 Å². The Labute approximate surface area is 167 Å². The molecule has 1 N–H and O–H groups in total. The second kappa shape index (κ2) is 10.6. The fourth-order valence-electron chi connectivity index (χ4n) is 2.84. The molecule has 2 aromatic rings. The highest BCUT2D eigenvalue weighted by atomic mass is 16.5. The van der Waals surface area contributed by atoms with Crippen molar-refractivity contribution in [2.24, 2.45) is 0 Å². The number of carbonyl (C=O) groups is 1. The zero-order chi connectivity index (χ0) is 20.5. The monoisotopic (exact) mass is 386 g/mol. The molecular formula is C22H30N2O4. The van der Waals surface area contributed by atoms with Crippen molar-refractivity contribution in [3.8, 4) is 17.2 Å². The number of ether oxygens (including phenoxy) is 3. The first kappa shape index (κ1) is 21.6. The number of para-hydroxylation sites is 1. The fourth-order valence-corrected chi connectivity index (χ4v) is 2.84.